The van der Waals surface area contributed by atoms with Gasteiger partial charge >= 0.3 is 0 Å². The third-order valence-electron chi connectivity index (χ3n) is 3.14. The van der Waals surface area contributed by atoms with Crippen LogP contribution in [-0.4, -0.2) is 0 Å². The average molecular weight is 348 g/mol. The van der Waals surface area contributed by atoms with E-state index in [0.29, 0.717) is 5.02 Å². The molecule has 3 aromatic carbocycles. The summed E-state index contributed by atoms with van der Waals surface area (Å²) in [5.74, 6) is 1.62. The van der Waals surface area contributed by atoms with Gasteiger partial charge < -0.3 is 4.74 Å². The van der Waals surface area contributed by atoms with Crippen molar-refractivity contribution >= 4 is 38.3 Å². The molecular weight excluding hydrogens is 336 g/mol. The van der Waals surface area contributed by atoms with Crippen molar-refractivity contribution in [3.05, 3.63) is 71.2 Å². The molecule has 0 aliphatic rings. The van der Waals surface area contributed by atoms with Gasteiger partial charge in [0.1, 0.15) is 11.5 Å². The van der Waals surface area contributed by atoms with Gasteiger partial charge in [-0.3, -0.25) is 0 Å². The molecule has 0 heterocycles. The van der Waals surface area contributed by atoms with Gasteiger partial charge in [0.15, 0.2) is 0 Å². The maximum absolute atomic E-state index is 6.08. The normalized spacial score (nSPS) is 10.7. The molecule has 0 radical (unpaired) electrons. The molecule has 3 aromatic rings. The minimum Gasteiger partial charge on any atom is -0.456 e. The smallest absolute Gasteiger partial charge is 0.135 e. The zero-order valence-corrected chi connectivity index (χ0v) is 13.0. The fourth-order valence-electron chi connectivity index (χ4n) is 2.14. The first-order chi connectivity index (χ1) is 9.78. The molecule has 0 atom stereocenters. The van der Waals surface area contributed by atoms with E-state index in [1.54, 1.807) is 0 Å². The quantitative estimate of drug-likeness (QED) is 0.514. The molecule has 0 spiro atoms. The van der Waals surface area contributed by atoms with Crippen LogP contribution >= 0.6 is 27.5 Å². The van der Waals surface area contributed by atoms with Crippen molar-refractivity contribution in [2.24, 2.45) is 0 Å². The highest BCUT2D eigenvalue weighted by Crippen LogP contribution is 2.33. The summed E-state index contributed by atoms with van der Waals surface area (Å²) in [5, 5.41) is 3.65. The summed E-state index contributed by atoms with van der Waals surface area (Å²) in [5.41, 5.74) is 1.07. The van der Waals surface area contributed by atoms with Crippen LogP contribution in [0.25, 0.3) is 10.8 Å². The maximum atomic E-state index is 6.08. The number of hydrogen-bond acceptors (Lipinski definition) is 1. The van der Waals surface area contributed by atoms with Gasteiger partial charge in [-0.25, -0.2) is 0 Å². The molecule has 3 rings (SSSR count). The number of benzene rings is 3. The molecule has 100 valence electrons. The molecule has 0 aliphatic heterocycles. The molecule has 0 amide bonds. The summed E-state index contributed by atoms with van der Waals surface area (Å²) >= 11 is 9.54. The number of alkyl halides is 1. The van der Waals surface area contributed by atoms with Crippen molar-refractivity contribution in [3.63, 3.8) is 0 Å². The molecule has 0 N–H and O–H groups in total. The van der Waals surface area contributed by atoms with Gasteiger partial charge in [0.25, 0.3) is 0 Å². The van der Waals surface area contributed by atoms with E-state index < -0.39 is 0 Å². The minimum absolute atomic E-state index is 0.671. The van der Waals surface area contributed by atoms with Crippen LogP contribution in [0.1, 0.15) is 5.56 Å². The summed E-state index contributed by atoms with van der Waals surface area (Å²) in [7, 11) is 0. The Bertz CT molecular complexity index is 750. The molecule has 0 saturated heterocycles. The standard InChI is InChI=1S/C17H12BrClO/c18-11-13-8-9-14(19)10-17(13)20-16-7-3-5-12-4-1-2-6-15(12)16/h1-10H,11H2. The van der Waals surface area contributed by atoms with Crippen molar-refractivity contribution in [3.8, 4) is 11.5 Å². The molecular formula is C17H12BrClO. The number of halogens is 2. The van der Waals surface area contributed by atoms with Gasteiger partial charge in [-0.2, -0.15) is 0 Å². The Morgan fingerprint density at radius 3 is 2.55 bits per heavy atom. The van der Waals surface area contributed by atoms with Crippen LogP contribution < -0.4 is 4.74 Å². The Morgan fingerprint density at radius 1 is 0.900 bits per heavy atom. The van der Waals surface area contributed by atoms with Gasteiger partial charge in [0.05, 0.1) is 0 Å². The Morgan fingerprint density at radius 2 is 1.70 bits per heavy atom. The van der Waals surface area contributed by atoms with Gasteiger partial charge in [-0.05, 0) is 23.6 Å². The molecule has 3 heteroatoms. The second-order valence-corrected chi connectivity index (χ2v) is 5.46. The summed E-state index contributed by atoms with van der Waals surface area (Å²) in [4.78, 5) is 0. The highest BCUT2D eigenvalue weighted by Gasteiger charge is 2.07. The van der Waals surface area contributed by atoms with Crippen LogP contribution in [0, 0.1) is 0 Å². The molecule has 0 bridgehead atoms. The van der Waals surface area contributed by atoms with Gasteiger partial charge in [0, 0.05) is 21.3 Å². The average Bonchev–Trinajstić information content (AvgIpc) is 2.48. The number of hydrogen-bond donors (Lipinski definition) is 0. The van der Waals surface area contributed by atoms with E-state index in [9.17, 15) is 0 Å². The van der Waals surface area contributed by atoms with Gasteiger partial charge in [-0.1, -0.05) is 70.0 Å². The number of rotatable bonds is 3. The lowest BCUT2D eigenvalue weighted by Crippen LogP contribution is -1.90. The first kappa shape index (κ1) is 13.5. The first-order valence-corrected chi connectivity index (χ1v) is 7.78. The fourth-order valence-corrected chi connectivity index (χ4v) is 2.76. The predicted octanol–water partition coefficient (Wildman–Crippen LogP) is 6.18. The van der Waals surface area contributed by atoms with E-state index in [4.69, 9.17) is 16.3 Å². The third-order valence-corrected chi connectivity index (χ3v) is 3.98. The first-order valence-electron chi connectivity index (χ1n) is 6.28. The van der Waals surface area contributed by atoms with Crippen LogP contribution in [0.3, 0.4) is 0 Å². The molecule has 0 aliphatic carbocycles. The predicted molar refractivity (Wildman–Crippen MR) is 88.1 cm³/mol. The number of fused-ring (bicyclic) bond motifs is 1. The second-order valence-electron chi connectivity index (χ2n) is 4.47. The molecule has 1 nitrogen and oxygen atoms in total. The van der Waals surface area contributed by atoms with Crippen LogP contribution in [0.15, 0.2) is 60.7 Å². The second kappa shape index (κ2) is 5.86. The zero-order valence-electron chi connectivity index (χ0n) is 10.6. The van der Waals surface area contributed by atoms with E-state index in [1.165, 1.54) is 0 Å². The van der Waals surface area contributed by atoms with Crippen molar-refractivity contribution < 1.29 is 4.74 Å². The Kier molecular flexibility index (Phi) is 3.95. The molecule has 0 saturated carbocycles. The van der Waals surface area contributed by atoms with E-state index in [2.05, 4.69) is 34.1 Å². The van der Waals surface area contributed by atoms with Crippen LogP contribution in [0.4, 0.5) is 0 Å². The van der Waals surface area contributed by atoms with E-state index in [0.717, 1.165) is 33.2 Å². The minimum atomic E-state index is 0.671. The van der Waals surface area contributed by atoms with Crippen LogP contribution in [-0.2, 0) is 5.33 Å². The lowest BCUT2D eigenvalue weighted by Gasteiger charge is -2.12. The SMILES string of the molecule is Clc1ccc(CBr)c(Oc2cccc3ccccc23)c1. The van der Waals surface area contributed by atoms with Crippen molar-refractivity contribution in [1.82, 2.24) is 0 Å². The Hall–Kier alpha value is -1.51. The lowest BCUT2D eigenvalue weighted by atomic mass is 10.1. The van der Waals surface area contributed by atoms with Crippen molar-refractivity contribution in [2.45, 2.75) is 5.33 Å². The maximum Gasteiger partial charge on any atom is 0.135 e. The summed E-state index contributed by atoms with van der Waals surface area (Å²) in [6, 6.07) is 19.9. The monoisotopic (exact) mass is 346 g/mol. The highest BCUT2D eigenvalue weighted by atomic mass is 79.9. The Balaban J connectivity index is 2.07. The fraction of sp³-hybridized carbons (Fsp3) is 0.0588. The zero-order chi connectivity index (χ0) is 13.9. The van der Waals surface area contributed by atoms with Crippen molar-refractivity contribution in [1.29, 1.82) is 0 Å². The summed E-state index contributed by atoms with van der Waals surface area (Å²) < 4.78 is 6.08. The topological polar surface area (TPSA) is 9.23 Å². The molecule has 0 unspecified atom stereocenters. The summed E-state index contributed by atoms with van der Waals surface area (Å²) in [6.45, 7) is 0. The van der Waals surface area contributed by atoms with Crippen LogP contribution in [0.2, 0.25) is 5.02 Å². The van der Waals surface area contributed by atoms with E-state index >= 15 is 0 Å². The molecule has 20 heavy (non-hydrogen) atoms. The summed E-state index contributed by atoms with van der Waals surface area (Å²) in [6.07, 6.45) is 0. The third kappa shape index (κ3) is 2.67. The van der Waals surface area contributed by atoms with Crippen molar-refractivity contribution in [2.75, 3.05) is 0 Å². The van der Waals surface area contributed by atoms with E-state index in [1.807, 2.05) is 42.5 Å². The molecule has 0 aromatic heterocycles. The van der Waals surface area contributed by atoms with E-state index in [-0.39, 0.29) is 0 Å². The largest absolute Gasteiger partial charge is 0.456 e. The Labute approximate surface area is 131 Å². The van der Waals surface area contributed by atoms with Crippen LogP contribution in [0.5, 0.6) is 11.5 Å². The molecule has 0 fully saturated rings. The van der Waals surface area contributed by atoms with Gasteiger partial charge in [0.2, 0.25) is 0 Å². The highest BCUT2D eigenvalue weighted by molar-refractivity contribution is 9.08. The number of ether oxygens (including phenoxy) is 1. The van der Waals surface area contributed by atoms with Gasteiger partial charge in [-0.15, -0.1) is 0 Å². The lowest BCUT2D eigenvalue weighted by molar-refractivity contribution is 0.484.